The standard InChI is InChI=1S/C27H21F3N4O2/c1-16-7-6-10-19(15-16)24-32-25(36-33-24)22-17(2)34(21-13-11-20(12-14-21)27(28,29)30)26(35)31-23(22)18-8-4-3-5-9-18/h3-15,23H,1-2H3,(H,31,35). The van der Waals surface area contributed by atoms with Gasteiger partial charge in [0.1, 0.15) is 0 Å². The van der Waals surface area contributed by atoms with Gasteiger partial charge in [-0.3, -0.25) is 4.90 Å². The summed E-state index contributed by atoms with van der Waals surface area (Å²) >= 11 is 0. The highest BCUT2D eigenvalue weighted by molar-refractivity contribution is 6.01. The van der Waals surface area contributed by atoms with Crippen molar-refractivity contribution in [3.8, 4) is 11.4 Å². The lowest BCUT2D eigenvalue weighted by molar-refractivity contribution is -0.137. The van der Waals surface area contributed by atoms with Crippen molar-refractivity contribution >= 4 is 17.3 Å². The van der Waals surface area contributed by atoms with Crippen LogP contribution in [0.4, 0.5) is 23.7 Å². The van der Waals surface area contributed by atoms with Gasteiger partial charge in [0.05, 0.1) is 22.9 Å². The summed E-state index contributed by atoms with van der Waals surface area (Å²) in [6.07, 6.45) is -4.48. The molecule has 0 fully saturated rings. The Morgan fingerprint density at radius 1 is 0.944 bits per heavy atom. The van der Waals surface area contributed by atoms with E-state index >= 15 is 0 Å². The Labute approximate surface area is 205 Å². The van der Waals surface area contributed by atoms with Crippen LogP contribution in [-0.2, 0) is 6.18 Å². The first-order valence-electron chi connectivity index (χ1n) is 11.2. The van der Waals surface area contributed by atoms with Crippen molar-refractivity contribution in [3.63, 3.8) is 0 Å². The summed E-state index contributed by atoms with van der Waals surface area (Å²) in [5.41, 5.74) is 3.10. The number of urea groups is 1. The van der Waals surface area contributed by atoms with Gasteiger partial charge >= 0.3 is 12.2 Å². The van der Waals surface area contributed by atoms with E-state index < -0.39 is 23.8 Å². The molecule has 6 nitrogen and oxygen atoms in total. The lowest BCUT2D eigenvalue weighted by Gasteiger charge is -2.35. The number of amides is 2. The van der Waals surface area contributed by atoms with E-state index in [4.69, 9.17) is 4.52 Å². The molecule has 9 heteroatoms. The fourth-order valence-electron chi connectivity index (χ4n) is 4.26. The highest BCUT2D eigenvalue weighted by Gasteiger charge is 2.37. The Balaban J connectivity index is 1.62. The number of nitrogens with zero attached hydrogens (tertiary/aromatic N) is 3. The molecular formula is C27H21F3N4O2. The van der Waals surface area contributed by atoms with E-state index in [0.717, 1.165) is 28.8 Å². The quantitative estimate of drug-likeness (QED) is 0.343. The van der Waals surface area contributed by atoms with Gasteiger partial charge < -0.3 is 9.84 Å². The predicted octanol–water partition coefficient (Wildman–Crippen LogP) is 6.77. The third-order valence-electron chi connectivity index (χ3n) is 6.00. The Bertz CT molecular complexity index is 1440. The number of anilines is 1. The van der Waals surface area contributed by atoms with Crippen LogP contribution in [0.25, 0.3) is 17.0 Å². The number of aryl methyl sites for hydroxylation is 1. The molecule has 1 aliphatic heterocycles. The van der Waals surface area contributed by atoms with Crippen LogP contribution in [0.1, 0.15) is 35.5 Å². The number of aromatic nitrogens is 2. The second-order valence-corrected chi connectivity index (χ2v) is 8.46. The van der Waals surface area contributed by atoms with Gasteiger partial charge in [0, 0.05) is 11.3 Å². The molecule has 1 aromatic heterocycles. The molecule has 2 heterocycles. The number of hydrogen-bond acceptors (Lipinski definition) is 4. The number of carbonyl (C=O) groups is 1. The van der Waals surface area contributed by atoms with Crippen LogP contribution in [0, 0.1) is 6.92 Å². The minimum atomic E-state index is -4.48. The molecule has 4 aromatic rings. The molecule has 0 aliphatic carbocycles. The van der Waals surface area contributed by atoms with E-state index in [1.807, 2.05) is 61.5 Å². The van der Waals surface area contributed by atoms with Crippen molar-refractivity contribution in [1.82, 2.24) is 15.5 Å². The van der Waals surface area contributed by atoms with Gasteiger partial charge in [-0.15, -0.1) is 0 Å². The number of nitrogens with one attached hydrogen (secondary N) is 1. The van der Waals surface area contributed by atoms with Crippen LogP contribution >= 0.6 is 0 Å². The van der Waals surface area contributed by atoms with E-state index in [2.05, 4.69) is 15.5 Å². The maximum absolute atomic E-state index is 13.2. The monoisotopic (exact) mass is 490 g/mol. The highest BCUT2D eigenvalue weighted by Crippen LogP contribution is 2.39. The van der Waals surface area contributed by atoms with Crippen molar-refractivity contribution < 1.29 is 22.5 Å². The lowest BCUT2D eigenvalue weighted by Crippen LogP contribution is -2.46. The molecule has 0 bridgehead atoms. The number of halogens is 3. The highest BCUT2D eigenvalue weighted by atomic mass is 19.4. The van der Waals surface area contributed by atoms with Crippen molar-refractivity contribution in [2.45, 2.75) is 26.1 Å². The van der Waals surface area contributed by atoms with Crippen LogP contribution in [0.3, 0.4) is 0 Å². The second-order valence-electron chi connectivity index (χ2n) is 8.46. The molecule has 0 saturated carbocycles. The van der Waals surface area contributed by atoms with E-state index in [0.29, 0.717) is 17.1 Å². The first-order chi connectivity index (χ1) is 17.2. The Hall–Kier alpha value is -4.40. The second kappa shape index (κ2) is 8.99. The van der Waals surface area contributed by atoms with E-state index in [9.17, 15) is 18.0 Å². The van der Waals surface area contributed by atoms with Gasteiger partial charge in [-0.2, -0.15) is 18.2 Å². The molecule has 3 aromatic carbocycles. The van der Waals surface area contributed by atoms with Crippen molar-refractivity contribution in [1.29, 1.82) is 0 Å². The molecule has 182 valence electrons. The Morgan fingerprint density at radius 2 is 1.67 bits per heavy atom. The van der Waals surface area contributed by atoms with E-state index in [-0.39, 0.29) is 11.6 Å². The van der Waals surface area contributed by atoms with E-state index in [1.165, 1.54) is 17.0 Å². The molecule has 1 N–H and O–H groups in total. The minimum absolute atomic E-state index is 0.203. The summed E-state index contributed by atoms with van der Waals surface area (Å²) in [6, 6.07) is 20.3. The molecule has 0 saturated heterocycles. The normalized spacial score (nSPS) is 16.3. The summed E-state index contributed by atoms with van der Waals surface area (Å²) in [7, 11) is 0. The molecule has 0 spiro atoms. The van der Waals surface area contributed by atoms with Gasteiger partial charge in [-0.25, -0.2) is 4.79 Å². The average Bonchev–Trinajstić information content (AvgIpc) is 3.34. The Kier molecular flexibility index (Phi) is 5.83. The zero-order valence-corrected chi connectivity index (χ0v) is 19.4. The molecule has 5 rings (SSSR count). The fourth-order valence-corrected chi connectivity index (χ4v) is 4.26. The molecule has 1 atom stereocenters. The zero-order valence-electron chi connectivity index (χ0n) is 19.4. The number of rotatable bonds is 4. The van der Waals surface area contributed by atoms with Crippen LogP contribution < -0.4 is 10.2 Å². The molecule has 2 amide bonds. The molecule has 36 heavy (non-hydrogen) atoms. The van der Waals surface area contributed by atoms with Gasteiger partial charge in [-0.1, -0.05) is 59.3 Å². The van der Waals surface area contributed by atoms with Gasteiger partial charge in [-0.05, 0) is 49.7 Å². The number of benzene rings is 3. The number of alkyl halides is 3. The van der Waals surface area contributed by atoms with Gasteiger partial charge in [0.25, 0.3) is 5.89 Å². The summed E-state index contributed by atoms with van der Waals surface area (Å²) < 4.78 is 44.9. The van der Waals surface area contributed by atoms with Crippen molar-refractivity contribution in [3.05, 3.63) is 107 Å². The molecule has 1 unspecified atom stereocenters. The maximum Gasteiger partial charge on any atom is 0.416 e. The van der Waals surface area contributed by atoms with Crippen LogP contribution in [-0.4, -0.2) is 16.2 Å². The first-order valence-corrected chi connectivity index (χ1v) is 11.2. The molecule has 1 aliphatic rings. The summed E-state index contributed by atoms with van der Waals surface area (Å²) in [5, 5.41) is 7.09. The Morgan fingerprint density at radius 3 is 2.33 bits per heavy atom. The third-order valence-corrected chi connectivity index (χ3v) is 6.00. The number of carbonyl (C=O) groups excluding carboxylic acids is 1. The fraction of sp³-hybridized carbons (Fsp3) is 0.148. The van der Waals surface area contributed by atoms with Crippen LogP contribution in [0.15, 0.2) is 89.1 Å². The number of allylic oxidation sites excluding steroid dienone is 1. The summed E-state index contributed by atoms with van der Waals surface area (Å²) in [5.74, 6) is 0.591. The van der Waals surface area contributed by atoms with Crippen molar-refractivity contribution in [2.75, 3.05) is 4.90 Å². The molecule has 0 radical (unpaired) electrons. The smallest absolute Gasteiger partial charge is 0.334 e. The number of hydrogen-bond donors (Lipinski definition) is 1. The lowest BCUT2D eigenvalue weighted by atomic mass is 9.94. The topological polar surface area (TPSA) is 71.3 Å². The van der Waals surface area contributed by atoms with E-state index in [1.54, 1.807) is 6.92 Å². The van der Waals surface area contributed by atoms with Crippen LogP contribution in [0.2, 0.25) is 0 Å². The predicted molar refractivity (Wildman–Crippen MR) is 129 cm³/mol. The largest absolute Gasteiger partial charge is 0.416 e. The maximum atomic E-state index is 13.2. The zero-order chi connectivity index (χ0) is 25.4. The minimum Gasteiger partial charge on any atom is -0.334 e. The summed E-state index contributed by atoms with van der Waals surface area (Å²) in [4.78, 5) is 19.1. The first kappa shape index (κ1) is 23.3. The SMILES string of the molecule is CC1=C(c2nc(-c3cccc(C)c3)no2)C(c2ccccc2)NC(=O)N1c1ccc(C(F)(F)F)cc1. The van der Waals surface area contributed by atoms with Gasteiger partial charge in [0.2, 0.25) is 5.82 Å². The molecular weight excluding hydrogens is 469 g/mol. The third kappa shape index (κ3) is 4.35. The van der Waals surface area contributed by atoms with Crippen LogP contribution in [0.5, 0.6) is 0 Å². The average molecular weight is 490 g/mol. The van der Waals surface area contributed by atoms with Gasteiger partial charge in [0.15, 0.2) is 0 Å². The van der Waals surface area contributed by atoms with Crippen molar-refractivity contribution in [2.24, 2.45) is 0 Å². The summed E-state index contributed by atoms with van der Waals surface area (Å²) in [6.45, 7) is 3.67.